The van der Waals surface area contributed by atoms with Gasteiger partial charge in [-0.3, -0.25) is 9.36 Å². The lowest BCUT2D eigenvalue weighted by Crippen LogP contribution is -2.27. The van der Waals surface area contributed by atoms with E-state index >= 15 is 0 Å². The molecule has 11 heteroatoms. The van der Waals surface area contributed by atoms with Crippen molar-refractivity contribution in [2.45, 2.75) is 40.0 Å². The standard InChI is InChI=1S/C35H38ClN7O3/c1-4-42(5-2)20-21-46-28-17-14-26(15-18-28)39-34-37-23-29-24(3)43(35(45)41-33(29)40-34)31-22-27(16-19-30(31)36)38-32(44)13-9-12-25-10-7-6-8-11-25/h6-8,10-11,14-19,22-23H,4-5,9,12-13,20-21H2,1-3H3,(H,38,44)(H,39,40,41,45). The van der Waals surface area contributed by atoms with E-state index in [1.807, 2.05) is 54.6 Å². The van der Waals surface area contributed by atoms with Crippen molar-refractivity contribution in [2.75, 3.05) is 36.9 Å². The van der Waals surface area contributed by atoms with Gasteiger partial charge in [-0.15, -0.1) is 0 Å². The van der Waals surface area contributed by atoms with Crippen LogP contribution < -0.4 is 21.1 Å². The molecule has 0 aliphatic rings. The third kappa shape index (κ3) is 8.26. The smallest absolute Gasteiger partial charge is 0.354 e. The number of nitrogens with one attached hydrogen (secondary N) is 2. The Morgan fingerprint density at radius 3 is 2.46 bits per heavy atom. The molecule has 2 aromatic heterocycles. The molecular formula is C35H38ClN7O3. The first-order chi connectivity index (χ1) is 22.3. The monoisotopic (exact) mass is 639 g/mol. The number of amides is 1. The molecule has 2 N–H and O–H groups in total. The summed E-state index contributed by atoms with van der Waals surface area (Å²) in [6, 6.07) is 22.6. The second-order valence-corrected chi connectivity index (χ2v) is 11.2. The molecule has 0 unspecified atom stereocenters. The minimum Gasteiger partial charge on any atom is -0.492 e. The van der Waals surface area contributed by atoms with Crippen LogP contribution in [0, 0.1) is 6.92 Å². The zero-order chi connectivity index (χ0) is 32.5. The lowest BCUT2D eigenvalue weighted by Gasteiger charge is -2.18. The van der Waals surface area contributed by atoms with E-state index in [0.29, 0.717) is 46.5 Å². The molecule has 5 aromatic rings. The number of ether oxygens (including phenoxy) is 1. The van der Waals surface area contributed by atoms with Gasteiger partial charge in [0.1, 0.15) is 12.4 Å². The van der Waals surface area contributed by atoms with Gasteiger partial charge in [0, 0.05) is 36.2 Å². The van der Waals surface area contributed by atoms with Crippen molar-refractivity contribution >= 4 is 45.9 Å². The Morgan fingerprint density at radius 1 is 0.978 bits per heavy atom. The van der Waals surface area contributed by atoms with Gasteiger partial charge in [-0.25, -0.2) is 9.78 Å². The van der Waals surface area contributed by atoms with Crippen molar-refractivity contribution in [3.05, 3.63) is 106 Å². The molecule has 0 fully saturated rings. The lowest BCUT2D eigenvalue weighted by atomic mass is 10.1. The topological polar surface area (TPSA) is 114 Å². The second kappa shape index (κ2) is 15.5. The Kier molecular flexibility index (Phi) is 11.0. The first-order valence-corrected chi connectivity index (χ1v) is 15.8. The number of anilines is 3. The molecule has 0 aliphatic carbocycles. The predicted molar refractivity (Wildman–Crippen MR) is 184 cm³/mol. The third-order valence-corrected chi connectivity index (χ3v) is 8.07. The molecule has 46 heavy (non-hydrogen) atoms. The van der Waals surface area contributed by atoms with E-state index in [9.17, 15) is 9.59 Å². The van der Waals surface area contributed by atoms with E-state index in [1.54, 1.807) is 31.3 Å². The summed E-state index contributed by atoms with van der Waals surface area (Å²) in [5.74, 6) is 0.970. The number of benzene rings is 3. The van der Waals surface area contributed by atoms with Crippen LogP contribution in [0.1, 0.15) is 37.9 Å². The fourth-order valence-corrected chi connectivity index (χ4v) is 5.34. The van der Waals surface area contributed by atoms with Crippen LogP contribution in [0.4, 0.5) is 17.3 Å². The van der Waals surface area contributed by atoms with E-state index < -0.39 is 5.69 Å². The van der Waals surface area contributed by atoms with E-state index in [-0.39, 0.29) is 11.6 Å². The highest BCUT2D eigenvalue weighted by atomic mass is 35.5. The Bertz CT molecular complexity index is 1840. The number of rotatable bonds is 14. The van der Waals surface area contributed by atoms with Crippen molar-refractivity contribution < 1.29 is 9.53 Å². The van der Waals surface area contributed by atoms with Gasteiger partial charge in [-0.1, -0.05) is 55.8 Å². The number of halogens is 1. The van der Waals surface area contributed by atoms with Crippen molar-refractivity contribution in [1.29, 1.82) is 0 Å². The van der Waals surface area contributed by atoms with Gasteiger partial charge in [0.2, 0.25) is 11.9 Å². The van der Waals surface area contributed by atoms with Crippen molar-refractivity contribution in [3.63, 3.8) is 0 Å². The number of fused-ring (bicyclic) bond motifs is 1. The Hall–Kier alpha value is -4.80. The van der Waals surface area contributed by atoms with Crippen LogP contribution in [0.15, 0.2) is 83.8 Å². The largest absolute Gasteiger partial charge is 0.492 e. The van der Waals surface area contributed by atoms with Crippen LogP contribution in [0.5, 0.6) is 5.75 Å². The van der Waals surface area contributed by atoms with Crippen LogP contribution in [0.3, 0.4) is 0 Å². The van der Waals surface area contributed by atoms with Gasteiger partial charge < -0.3 is 20.3 Å². The van der Waals surface area contributed by atoms with Gasteiger partial charge in [0.05, 0.1) is 16.1 Å². The highest BCUT2D eigenvalue weighted by Crippen LogP contribution is 2.27. The summed E-state index contributed by atoms with van der Waals surface area (Å²) in [5.41, 5.74) is 3.18. The summed E-state index contributed by atoms with van der Waals surface area (Å²) in [6.07, 6.45) is 3.53. The minimum atomic E-state index is -0.547. The first kappa shape index (κ1) is 32.6. The Morgan fingerprint density at radius 2 is 1.72 bits per heavy atom. The molecular weight excluding hydrogens is 602 g/mol. The summed E-state index contributed by atoms with van der Waals surface area (Å²) in [4.78, 5) is 41.5. The van der Waals surface area contributed by atoms with Crippen LogP contribution >= 0.6 is 11.6 Å². The van der Waals surface area contributed by atoms with Crippen molar-refractivity contribution in [1.82, 2.24) is 24.4 Å². The van der Waals surface area contributed by atoms with Crippen molar-refractivity contribution in [2.24, 2.45) is 0 Å². The summed E-state index contributed by atoms with van der Waals surface area (Å²) >= 11 is 6.54. The zero-order valence-corrected chi connectivity index (χ0v) is 27.1. The van der Waals surface area contributed by atoms with Gasteiger partial charge in [-0.2, -0.15) is 9.97 Å². The van der Waals surface area contributed by atoms with Crippen LogP contribution in [-0.2, 0) is 11.2 Å². The second-order valence-electron chi connectivity index (χ2n) is 10.8. The fraction of sp³-hybridized carbons (Fsp3) is 0.286. The molecule has 1 amide bonds. The van der Waals surface area contributed by atoms with Crippen LogP contribution in [0.25, 0.3) is 16.7 Å². The number of hydrogen-bond donors (Lipinski definition) is 2. The maximum Gasteiger partial charge on any atom is 0.354 e. The number of carbonyl (C=O) groups is 1. The van der Waals surface area contributed by atoms with Gasteiger partial charge in [0.25, 0.3) is 0 Å². The van der Waals surface area contributed by atoms with Gasteiger partial charge in [-0.05, 0) is 80.9 Å². The summed E-state index contributed by atoms with van der Waals surface area (Å²) in [5, 5.41) is 7.01. The van der Waals surface area contributed by atoms with E-state index in [1.165, 1.54) is 10.1 Å². The highest BCUT2D eigenvalue weighted by molar-refractivity contribution is 6.32. The van der Waals surface area contributed by atoms with Crippen LogP contribution in [0.2, 0.25) is 5.02 Å². The normalized spacial score (nSPS) is 11.2. The average molecular weight is 640 g/mol. The van der Waals surface area contributed by atoms with Crippen LogP contribution in [-0.4, -0.2) is 56.6 Å². The quantitative estimate of drug-likeness (QED) is 0.140. The van der Waals surface area contributed by atoms with Crippen molar-refractivity contribution in [3.8, 4) is 11.4 Å². The molecule has 238 valence electrons. The molecule has 2 heterocycles. The maximum absolute atomic E-state index is 13.3. The Balaban J connectivity index is 1.27. The maximum atomic E-state index is 13.3. The number of aromatic nitrogens is 4. The summed E-state index contributed by atoms with van der Waals surface area (Å²) < 4.78 is 7.27. The number of aryl methyl sites for hydroxylation is 2. The van der Waals surface area contributed by atoms with Gasteiger partial charge in [0.15, 0.2) is 5.65 Å². The summed E-state index contributed by atoms with van der Waals surface area (Å²) in [6.45, 7) is 9.53. The number of hydrogen-bond acceptors (Lipinski definition) is 8. The number of carbonyl (C=O) groups excluding carboxylic acids is 1. The van der Waals surface area contributed by atoms with E-state index in [4.69, 9.17) is 16.3 Å². The molecule has 5 rings (SSSR count). The molecule has 0 spiro atoms. The SMILES string of the molecule is CCN(CC)CCOc1ccc(Nc2ncc3c(C)n(-c4cc(NC(=O)CCCc5ccccc5)ccc4Cl)c(=O)nc3n2)cc1. The van der Waals surface area contributed by atoms with Gasteiger partial charge >= 0.3 is 5.69 Å². The number of nitrogens with zero attached hydrogens (tertiary/aromatic N) is 5. The molecule has 3 aromatic carbocycles. The Labute approximate surface area is 273 Å². The lowest BCUT2D eigenvalue weighted by molar-refractivity contribution is -0.116. The van der Waals surface area contributed by atoms with E-state index in [0.717, 1.165) is 43.9 Å². The zero-order valence-electron chi connectivity index (χ0n) is 26.3. The molecule has 0 atom stereocenters. The first-order valence-electron chi connectivity index (χ1n) is 15.5. The molecule has 0 radical (unpaired) electrons. The predicted octanol–water partition coefficient (Wildman–Crippen LogP) is 6.56. The fourth-order valence-electron chi connectivity index (χ4n) is 5.14. The minimum absolute atomic E-state index is 0.115. The highest BCUT2D eigenvalue weighted by Gasteiger charge is 2.16. The third-order valence-electron chi connectivity index (χ3n) is 7.75. The molecule has 0 saturated carbocycles. The molecule has 0 saturated heterocycles. The molecule has 0 aliphatic heterocycles. The average Bonchev–Trinajstić information content (AvgIpc) is 3.05. The summed E-state index contributed by atoms with van der Waals surface area (Å²) in [7, 11) is 0. The number of likely N-dealkylation sites (N-methyl/N-ethyl adjacent to an activating group) is 1. The molecule has 0 bridgehead atoms. The van der Waals surface area contributed by atoms with E-state index in [2.05, 4.69) is 44.3 Å². The molecule has 10 nitrogen and oxygen atoms in total.